The van der Waals surface area contributed by atoms with Gasteiger partial charge in [-0.2, -0.15) is 0 Å². The molecule has 0 aromatic carbocycles. The monoisotopic (exact) mass is 298 g/mol. The second kappa shape index (κ2) is 5.13. The fourth-order valence-corrected chi connectivity index (χ4v) is 3.20. The lowest BCUT2D eigenvalue weighted by molar-refractivity contribution is -0.131. The summed E-state index contributed by atoms with van der Waals surface area (Å²) in [6.07, 6.45) is 2.43. The molecule has 3 rings (SSSR count). The third-order valence-electron chi connectivity index (χ3n) is 3.52. The normalized spacial score (nSPS) is 23.7. The summed E-state index contributed by atoms with van der Waals surface area (Å²) in [6.45, 7) is 2.05. The number of carbonyl (C=O) groups is 1. The van der Waals surface area contributed by atoms with Crippen LogP contribution in [0.4, 0.5) is 0 Å². The van der Waals surface area contributed by atoms with E-state index >= 15 is 0 Å². The van der Waals surface area contributed by atoms with Crippen LogP contribution < -0.4 is 5.32 Å². The molecule has 1 N–H and O–H groups in total. The molecule has 0 bridgehead atoms. The van der Waals surface area contributed by atoms with Gasteiger partial charge in [0, 0.05) is 12.5 Å². The highest BCUT2D eigenvalue weighted by molar-refractivity contribution is 7.18. The predicted octanol–water partition coefficient (Wildman–Crippen LogP) is 2.81. The van der Waals surface area contributed by atoms with Crippen molar-refractivity contribution in [3.8, 4) is 0 Å². The number of hydrogen-bond acceptors (Lipinski definition) is 4. The van der Waals surface area contributed by atoms with Gasteiger partial charge in [0.25, 0.3) is 5.91 Å². The summed E-state index contributed by atoms with van der Waals surface area (Å²) in [5.41, 5.74) is 0.802. The number of oxime groups is 1. The minimum atomic E-state index is -0.503. The molecule has 1 aliphatic heterocycles. The highest BCUT2D eigenvalue weighted by Gasteiger charge is 2.34. The van der Waals surface area contributed by atoms with E-state index in [1.54, 1.807) is 0 Å². The zero-order valence-corrected chi connectivity index (χ0v) is 12.1. The van der Waals surface area contributed by atoms with Crippen LogP contribution >= 0.6 is 22.9 Å². The number of halogens is 1. The molecule has 6 heteroatoms. The lowest BCUT2D eigenvalue weighted by Gasteiger charge is -2.15. The van der Waals surface area contributed by atoms with Gasteiger partial charge in [-0.25, -0.2) is 0 Å². The Morgan fingerprint density at radius 2 is 2.37 bits per heavy atom. The van der Waals surface area contributed by atoms with E-state index in [0.717, 1.165) is 10.6 Å². The molecule has 1 aliphatic carbocycles. The minimum absolute atomic E-state index is 0.0687. The lowest BCUT2D eigenvalue weighted by atomic mass is 10.1. The van der Waals surface area contributed by atoms with Crippen LogP contribution in [-0.4, -0.2) is 23.8 Å². The average Bonchev–Trinajstić information content (AvgIpc) is 2.95. The van der Waals surface area contributed by atoms with Gasteiger partial charge in [0.1, 0.15) is 5.71 Å². The SMILES string of the molecule is C[C@@H](NC(=O)[C@H]1CC(c2ccc(Cl)s2)=NO1)C1CC1. The molecule has 4 nitrogen and oxygen atoms in total. The third kappa shape index (κ3) is 2.92. The molecule has 0 radical (unpaired) electrons. The number of hydrogen-bond donors (Lipinski definition) is 1. The average molecular weight is 299 g/mol. The first kappa shape index (κ1) is 12.9. The molecule has 102 valence electrons. The minimum Gasteiger partial charge on any atom is -0.382 e. The molecule has 1 fully saturated rings. The molecule has 1 amide bonds. The maximum Gasteiger partial charge on any atom is 0.264 e. The van der Waals surface area contributed by atoms with Crippen molar-refractivity contribution in [2.45, 2.75) is 38.3 Å². The van der Waals surface area contributed by atoms with Gasteiger partial charge < -0.3 is 10.2 Å². The van der Waals surface area contributed by atoms with Crippen molar-refractivity contribution in [2.24, 2.45) is 11.1 Å². The van der Waals surface area contributed by atoms with E-state index in [-0.39, 0.29) is 11.9 Å². The van der Waals surface area contributed by atoms with Crippen molar-refractivity contribution in [3.05, 3.63) is 21.3 Å². The summed E-state index contributed by atoms with van der Waals surface area (Å²) in [5, 5.41) is 7.00. The molecular weight excluding hydrogens is 284 g/mol. The fourth-order valence-electron chi connectivity index (χ4n) is 2.16. The van der Waals surface area contributed by atoms with Crippen molar-refractivity contribution in [2.75, 3.05) is 0 Å². The molecule has 0 saturated heterocycles. The molecule has 2 atom stereocenters. The number of carbonyl (C=O) groups excluding carboxylic acids is 1. The van der Waals surface area contributed by atoms with Gasteiger partial charge in [-0.15, -0.1) is 11.3 Å². The maximum atomic E-state index is 12.0. The quantitative estimate of drug-likeness (QED) is 0.929. The zero-order valence-electron chi connectivity index (χ0n) is 10.6. The largest absolute Gasteiger partial charge is 0.382 e. The molecule has 2 heterocycles. The Bertz CT molecular complexity index is 524. The van der Waals surface area contributed by atoms with Gasteiger partial charge in [-0.3, -0.25) is 4.79 Å². The van der Waals surface area contributed by atoms with E-state index in [2.05, 4.69) is 10.5 Å². The van der Waals surface area contributed by atoms with Crippen molar-refractivity contribution < 1.29 is 9.63 Å². The molecular formula is C13H15ClN2O2S. The molecule has 0 spiro atoms. The van der Waals surface area contributed by atoms with E-state index in [9.17, 15) is 4.79 Å². The van der Waals surface area contributed by atoms with Gasteiger partial charge in [0.2, 0.25) is 6.10 Å². The first-order valence-electron chi connectivity index (χ1n) is 6.42. The van der Waals surface area contributed by atoms with Gasteiger partial charge in [-0.05, 0) is 37.8 Å². The molecule has 1 aromatic rings. The van der Waals surface area contributed by atoms with Crippen molar-refractivity contribution >= 4 is 34.6 Å². The van der Waals surface area contributed by atoms with Crippen molar-refractivity contribution in [1.82, 2.24) is 5.32 Å². The van der Waals surface area contributed by atoms with E-state index in [0.29, 0.717) is 16.7 Å². The zero-order chi connectivity index (χ0) is 13.4. The number of thiophene rings is 1. The Balaban J connectivity index is 1.56. The smallest absolute Gasteiger partial charge is 0.264 e. The van der Waals surface area contributed by atoms with Crippen LogP contribution in [0.3, 0.4) is 0 Å². The molecule has 1 saturated carbocycles. The van der Waals surface area contributed by atoms with Gasteiger partial charge >= 0.3 is 0 Å². The van der Waals surface area contributed by atoms with Crippen molar-refractivity contribution in [1.29, 1.82) is 0 Å². The Morgan fingerprint density at radius 1 is 1.58 bits per heavy atom. The lowest BCUT2D eigenvalue weighted by Crippen LogP contribution is -2.41. The summed E-state index contributed by atoms with van der Waals surface area (Å²) < 4.78 is 0.716. The third-order valence-corrected chi connectivity index (χ3v) is 4.80. The first-order valence-corrected chi connectivity index (χ1v) is 7.61. The van der Waals surface area contributed by atoms with Crippen molar-refractivity contribution in [3.63, 3.8) is 0 Å². The molecule has 19 heavy (non-hydrogen) atoms. The number of nitrogens with one attached hydrogen (secondary N) is 1. The molecule has 0 unspecified atom stereocenters. The van der Waals surface area contributed by atoms with Crippen LogP contribution in [0.1, 0.15) is 31.1 Å². The summed E-state index contributed by atoms with van der Waals surface area (Å²) in [4.78, 5) is 18.2. The topological polar surface area (TPSA) is 50.7 Å². The highest BCUT2D eigenvalue weighted by atomic mass is 35.5. The van der Waals surface area contributed by atoms with Crippen LogP contribution in [0.15, 0.2) is 17.3 Å². The predicted molar refractivity (Wildman–Crippen MR) is 75.7 cm³/mol. The summed E-state index contributed by atoms with van der Waals surface area (Å²) in [7, 11) is 0. The molecule has 2 aliphatic rings. The van der Waals surface area contributed by atoms with Crippen LogP contribution in [0, 0.1) is 5.92 Å². The Labute approximate surface area is 120 Å². The molecule has 1 aromatic heterocycles. The highest BCUT2D eigenvalue weighted by Crippen LogP contribution is 2.32. The fraction of sp³-hybridized carbons (Fsp3) is 0.538. The van der Waals surface area contributed by atoms with E-state index in [1.165, 1.54) is 24.2 Å². The van der Waals surface area contributed by atoms with E-state index in [1.807, 2.05) is 19.1 Å². The van der Waals surface area contributed by atoms with Gasteiger partial charge in [0.15, 0.2) is 0 Å². The number of rotatable bonds is 4. The summed E-state index contributed by atoms with van der Waals surface area (Å²) >= 11 is 7.34. The summed E-state index contributed by atoms with van der Waals surface area (Å²) in [6, 6.07) is 3.96. The number of amides is 1. The maximum absolute atomic E-state index is 12.0. The van der Waals surface area contributed by atoms with E-state index in [4.69, 9.17) is 16.4 Å². The van der Waals surface area contributed by atoms with Gasteiger partial charge in [-0.1, -0.05) is 16.8 Å². The van der Waals surface area contributed by atoms with Crippen LogP contribution in [0.2, 0.25) is 4.34 Å². The first-order chi connectivity index (χ1) is 9.13. The van der Waals surface area contributed by atoms with Crippen LogP contribution in [-0.2, 0) is 9.63 Å². The Kier molecular flexibility index (Phi) is 3.50. The second-order valence-corrected chi connectivity index (χ2v) is 6.79. The summed E-state index contributed by atoms with van der Waals surface area (Å²) in [5.74, 6) is 0.572. The standard InChI is InChI=1S/C13H15ClN2O2S/c1-7(8-2-3-8)15-13(17)10-6-9(16-18-10)11-4-5-12(14)19-11/h4-5,7-8,10H,2-3,6H2,1H3,(H,15,17)/t7-,10-/m1/s1. The Hall–Kier alpha value is -1.07. The second-order valence-electron chi connectivity index (χ2n) is 5.07. The Morgan fingerprint density at radius 3 is 3.00 bits per heavy atom. The number of nitrogens with zero attached hydrogens (tertiary/aromatic N) is 1. The van der Waals surface area contributed by atoms with E-state index < -0.39 is 6.10 Å². The van der Waals surface area contributed by atoms with Crippen LogP contribution in [0.5, 0.6) is 0 Å². The van der Waals surface area contributed by atoms with Crippen LogP contribution in [0.25, 0.3) is 0 Å². The van der Waals surface area contributed by atoms with Gasteiger partial charge in [0.05, 0.1) is 9.21 Å².